The van der Waals surface area contributed by atoms with E-state index in [2.05, 4.69) is 19.2 Å². The van der Waals surface area contributed by atoms with E-state index in [1.807, 2.05) is 24.3 Å². The number of hydrogen-bond donors (Lipinski definition) is 2. The van der Waals surface area contributed by atoms with E-state index in [9.17, 15) is 4.79 Å². The Kier molecular flexibility index (Phi) is 4.85. The summed E-state index contributed by atoms with van der Waals surface area (Å²) in [5.41, 5.74) is 6.66. The van der Waals surface area contributed by atoms with Crippen molar-refractivity contribution in [2.75, 3.05) is 26.0 Å². The number of ether oxygens (including phenoxy) is 1. The molecule has 1 aromatic carbocycles. The predicted molar refractivity (Wildman–Crippen MR) is 88.8 cm³/mol. The monoisotopic (exact) mass is 306 g/mol. The third-order valence-corrected chi connectivity index (χ3v) is 4.74. The molecule has 3 N–H and O–H groups in total. The summed E-state index contributed by atoms with van der Waals surface area (Å²) in [5, 5.41) is 3.94. The van der Waals surface area contributed by atoms with Gasteiger partial charge in [0.15, 0.2) is 0 Å². The summed E-state index contributed by atoms with van der Waals surface area (Å²) in [6.07, 6.45) is 0.895. The quantitative estimate of drug-likeness (QED) is 0.861. The maximum absolute atomic E-state index is 12.3. The van der Waals surface area contributed by atoms with Crippen LogP contribution in [0.3, 0.4) is 0 Å². The lowest BCUT2D eigenvalue weighted by Crippen LogP contribution is -2.34. The lowest BCUT2D eigenvalue weighted by Gasteiger charge is -2.24. The van der Waals surface area contributed by atoms with E-state index in [1.54, 1.807) is 7.11 Å². The molecule has 0 aliphatic heterocycles. The Morgan fingerprint density at radius 1 is 1.38 bits per heavy atom. The first-order valence-corrected chi connectivity index (χ1v) is 7.80. The number of benzene rings is 1. The van der Waals surface area contributed by atoms with Crippen molar-refractivity contribution >= 4 is 33.0 Å². The number of nitrogens with two attached hydrogens (primary N) is 1. The minimum absolute atomic E-state index is 0.00286. The number of nitrogens with one attached hydrogen (secondary N) is 1. The molecule has 21 heavy (non-hydrogen) atoms. The fraction of sp³-hybridized carbons (Fsp3) is 0.438. The summed E-state index contributed by atoms with van der Waals surface area (Å²) in [6, 6.07) is 7.81. The number of carbonyl (C=O) groups is 1. The number of nitrogen functional groups attached to an aromatic ring is 1. The highest BCUT2D eigenvalue weighted by atomic mass is 32.1. The number of carbonyl (C=O) groups excluding carboxylic acids is 1. The van der Waals surface area contributed by atoms with Gasteiger partial charge in [-0.25, -0.2) is 0 Å². The molecule has 1 aromatic heterocycles. The molecule has 1 amide bonds. The number of anilines is 1. The van der Waals surface area contributed by atoms with E-state index in [0.717, 1.165) is 16.5 Å². The molecule has 114 valence electrons. The summed E-state index contributed by atoms with van der Waals surface area (Å²) >= 11 is 1.44. The number of rotatable bonds is 6. The van der Waals surface area contributed by atoms with E-state index in [0.29, 0.717) is 23.7 Å². The normalized spacial score (nSPS) is 11.8. The van der Waals surface area contributed by atoms with Gasteiger partial charge < -0.3 is 15.8 Å². The van der Waals surface area contributed by atoms with Gasteiger partial charge >= 0.3 is 0 Å². The average Bonchev–Trinajstić information content (AvgIpc) is 2.81. The Morgan fingerprint density at radius 2 is 2.10 bits per heavy atom. The predicted octanol–water partition coefficient (Wildman–Crippen LogP) is 3.28. The van der Waals surface area contributed by atoms with Crippen LogP contribution >= 0.6 is 11.3 Å². The van der Waals surface area contributed by atoms with Gasteiger partial charge in [-0.2, -0.15) is 0 Å². The maximum atomic E-state index is 12.3. The Labute approximate surface area is 129 Å². The molecule has 0 radical (unpaired) electrons. The van der Waals surface area contributed by atoms with Crippen LogP contribution in [-0.4, -0.2) is 26.2 Å². The fourth-order valence-electron chi connectivity index (χ4n) is 2.10. The molecule has 0 saturated heterocycles. The van der Waals surface area contributed by atoms with Gasteiger partial charge in [0, 0.05) is 30.3 Å². The van der Waals surface area contributed by atoms with Crippen molar-refractivity contribution in [2.24, 2.45) is 5.41 Å². The van der Waals surface area contributed by atoms with Gasteiger partial charge in [0.25, 0.3) is 5.91 Å². The highest BCUT2D eigenvalue weighted by Crippen LogP contribution is 2.33. The lowest BCUT2D eigenvalue weighted by molar-refractivity contribution is 0.0926. The van der Waals surface area contributed by atoms with Gasteiger partial charge in [-0.3, -0.25) is 4.79 Å². The van der Waals surface area contributed by atoms with Gasteiger partial charge in [0.1, 0.15) is 4.88 Å². The van der Waals surface area contributed by atoms with Crippen molar-refractivity contribution in [1.82, 2.24) is 5.32 Å². The van der Waals surface area contributed by atoms with Crippen LogP contribution in [0.4, 0.5) is 5.69 Å². The molecule has 0 fully saturated rings. The first-order valence-electron chi connectivity index (χ1n) is 6.99. The second-order valence-corrected chi connectivity index (χ2v) is 6.98. The van der Waals surface area contributed by atoms with E-state index < -0.39 is 0 Å². The Hall–Kier alpha value is -1.59. The molecule has 0 unspecified atom stereocenters. The first-order chi connectivity index (χ1) is 9.94. The van der Waals surface area contributed by atoms with Crippen molar-refractivity contribution in [3.63, 3.8) is 0 Å². The minimum atomic E-state index is -0.0980. The molecular weight excluding hydrogens is 284 g/mol. The molecule has 1 heterocycles. The van der Waals surface area contributed by atoms with Crippen molar-refractivity contribution in [3.8, 4) is 0 Å². The standard InChI is InChI=1S/C16H22N2O2S/c1-16(2,8-9-20-3)10-18-15(19)14-13(17)11-6-4-5-7-12(11)21-14/h4-7H,8-10,17H2,1-3H3,(H,18,19). The molecule has 0 atom stereocenters. The highest BCUT2D eigenvalue weighted by molar-refractivity contribution is 7.21. The van der Waals surface area contributed by atoms with Gasteiger partial charge in [-0.1, -0.05) is 32.0 Å². The van der Waals surface area contributed by atoms with Gasteiger partial charge in [-0.15, -0.1) is 11.3 Å². The van der Waals surface area contributed by atoms with Crippen LogP contribution in [0.15, 0.2) is 24.3 Å². The summed E-state index contributed by atoms with van der Waals surface area (Å²) in [6.45, 7) is 5.51. The molecule has 0 aliphatic carbocycles. The van der Waals surface area contributed by atoms with Crippen molar-refractivity contribution in [3.05, 3.63) is 29.1 Å². The Morgan fingerprint density at radius 3 is 2.76 bits per heavy atom. The van der Waals surface area contributed by atoms with Crippen LogP contribution in [0.25, 0.3) is 10.1 Å². The van der Waals surface area contributed by atoms with Gasteiger partial charge in [0.05, 0.1) is 5.69 Å². The number of methoxy groups -OCH3 is 1. The topological polar surface area (TPSA) is 64.3 Å². The second kappa shape index (κ2) is 6.45. The number of thiophene rings is 1. The molecule has 0 aliphatic rings. The summed E-state index contributed by atoms with van der Waals surface area (Å²) in [5.74, 6) is -0.0980. The Bertz CT molecular complexity index is 634. The molecular formula is C16H22N2O2S. The second-order valence-electron chi connectivity index (χ2n) is 5.93. The minimum Gasteiger partial charge on any atom is -0.397 e. The third kappa shape index (κ3) is 3.74. The largest absolute Gasteiger partial charge is 0.397 e. The van der Waals surface area contributed by atoms with Crippen LogP contribution in [-0.2, 0) is 4.74 Å². The molecule has 0 bridgehead atoms. The van der Waals surface area contributed by atoms with Gasteiger partial charge in [-0.05, 0) is 17.9 Å². The third-order valence-electron chi connectivity index (χ3n) is 3.55. The van der Waals surface area contributed by atoms with E-state index >= 15 is 0 Å². The molecule has 0 saturated carbocycles. The number of amides is 1. The highest BCUT2D eigenvalue weighted by Gasteiger charge is 2.21. The summed E-state index contributed by atoms with van der Waals surface area (Å²) in [4.78, 5) is 12.9. The number of fused-ring (bicyclic) bond motifs is 1. The lowest BCUT2D eigenvalue weighted by atomic mass is 9.90. The first kappa shape index (κ1) is 15.8. The smallest absolute Gasteiger partial charge is 0.263 e. The van der Waals surface area contributed by atoms with Crippen LogP contribution in [0, 0.1) is 5.41 Å². The molecule has 0 spiro atoms. The average molecular weight is 306 g/mol. The number of hydrogen-bond acceptors (Lipinski definition) is 4. The zero-order valence-corrected chi connectivity index (χ0v) is 13.5. The molecule has 5 heteroatoms. The van der Waals surface area contributed by atoms with Crippen LogP contribution < -0.4 is 11.1 Å². The van der Waals surface area contributed by atoms with Crippen LogP contribution in [0.5, 0.6) is 0 Å². The van der Waals surface area contributed by atoms with Crippen molar-refractivity contribution in [1.29, 1.82) is 0 Å². The Balaban J connectivity index is 2.07. The van der Waals surface area contributed by atoms with E-state index in [1.165, 1.54) is 11.3 Å². The molecule has 2 aromatic rings. The fourth-order valence-corrected chi connectivity index (χ4v) is 3.14. The van der Waals surface area contributed by atoms with Gasteiger partial charge in [0.2, 0.25) is 0 Å². The van der Waals surface area contributed by atoms with Crippen LogP contribution in [0.2, 0.25) is 0 Å². The van der Waals surface area contributed by atoms with Crippen LogP contribution in [0.1, 0.15) is 29.9 Å². The van der Waals surface area contributed by atoms with Crippen molar-refractivity contribution < 1.29 is 9.53 Å². The molecule has 4 nitrogen and oxygen atoms in total. The van der Waals surface area contributed by atoms with E-state index in [-0.39, 0.29) is 11.3 Å². The SMILES string of the molecule is COCCC(C)(C)CNC(=O)c1sc2ccccc2c1N. The van der Waals surface area contributed by atoms with Crippen molar-refractivity contribution in [2.45, 2.75) is 20.3 Å². The zero-order chi connectivity index (χ0) is 15.5. The summed E-state index contributed by atoms with van der Waals surface area (Å²) < 4.78 is 6.14. The summed E-state index contributed by atoms with van der Waals surface area (Å²) in [7, 11) is 1.69. The molecule has 2 rings (SSSR count). The zero-order valence-electron chi connectivity index (χ0n) is 12.7. The maximum Gasteiger partial charge on any atom is 0.263 e. The van der Waals surface area contributed by atoms with E-state index in [4.69, 9.17) is 10.5 Å².